The van der Waals surface area contributed by atoms with Crippen LogP contribution in [-0.4, -0.2) is 38.7 Å². The Morgan fingerprint density at radius 1 is 0.688 bits per heavy atom. The van der Waals surface area contributed by atoms with Crippen LogP contribution in [0.4, 0.5) is 11.4 Å². The lowest BCUT2D eigenvalue weighted by Gasteiger charge is -2.22. The molecular weight excluding hydrogens is 623 g/mol. The lowest BCUT2D eigenvalue weighted by molar-refractivity contribution is -0.646. The molecule has 0 amide bonds. The maximum Gasteiger partial charge on any atom is 0.212 e. The van der Waals surface area contributed by atoms with Crippen LogP contribution in [0.25, 0.3) is 41.8 Å². The summed E-state index contributed by atoms with van der Waals surface area (Å²) in [6.07, 6.45) is 13.1. The van der Waals surface area contributed by atoms with Gasteiger partial charge in [-0.05, 0) is 58.8 Å². The molecule has 0 N–H and O–H groups in total. The zero-order valence-electron chi connectivity index (χ0n) is 28.6. The Morgan fingerprint density at radius 3 is 1.96 bits per heavy atom. The van der Waals surface area contributed by atoms with E-state index >= 15 is 0 Å². The molecule has 0 aliphatic heterocycles. The first kappa shape index (κ1) is 34.9. The first-order valence-electron chi connectivity index (χ1n) is 16.4. The maximum atomic E-state index is 4.12. The minimum Gasteiger partial charge on any atom is -0.373 e. The van der Waals surface area contributed by atoms with E-state index in [9.17, 15) is 0 Å². The van der Waals surface area contributed by atoms with Gasteiger partial charge in [-0.15, -0.1) is 0 Å². The number of pyridine rings is 1. The highest BCUT2D eigenvalue weighted by Gasteiger charge is 2.10. The molecule has 0 saturated heterocycles. The van der Waals surface area contributed by atoms with Gasteiger partial charge in [0.15, 0.2) is 0 Å². The number of para-hydroxylation sites is 3. The Morgan fingerprint density at radius 2 is 1.27 bits per heavy atom. The number of allylic oxidation sites excluding steroid dienone is 3. The summed E-state index contributed by atoms with van der Waals surface area (Å²) in [5, 5.41) is 3.44. The molecule has 48 heavy (non-hydrogen) atoms. The van der Waals surface area contributed by atoms with Gasteiger partial charge in [-0.2, -0.15) is 4.57 Å². The van der Waals surface area contributed by atoms with Crippen LogP contribution in [0.5, 0.6) is 0 Å². The Kier molecular flexibility index (Phi) is 12.8. The van der Waals surface area contributed by atoms with E-state index < -0.39 is 0 Å². The van der Waals surface area contributed by atoms with E-state index in [1.165, 1.54) is 44.7 Å². The summed E-state index contributed by atoms with van der Waals surface area (Å²) >= 11 is 0. The van der Waals surface area contributed by atoms with Gasteiger partial charge in [0.05, 0.1) is 0 Å². The van der Waals surface area contributed by atoms with Gasteiger partial charge in [-0.25, -0.2) is 0 Å². The van der Waals surface area contributed by atoms with Gasteiger partial charge in [0.1, 0.15) is 7.05 Å². The van der Waals surface area contributed by atoms with Crippen molar-refractivity contribution in [1.82, 2.24) is 0 Å². The molecule has 0 spiro atoms. The summed E-state index contributed by atoms with van der Waals surface area (Å²) in [4.78, 5) is 4.73. The second-order valence-corrected chi connectivity index (χ2v) is 14.6. The quantitative estimate of drug-likeness (QED) is 0.0507. The monoisotopic (exact) mass is 668 g/mol. The molecule has 5 heteroatoms. The SMILES string of the molecule is C=c1cccc/c1=C/C=C(C)/C=C/c1ccccc1N(C)CCSSCCN(C)c1ccccc1/C=C/c1ccc2ccccc2[n+]1C. The minimum atomic E-state index is 0.986. The average molecular weight is 669 g/mol. The van der Waals surface area contributed by atoms with Crippen molar-refractivity contribution in [2.75, 3.05) is 48.5 Å². The van der Waals surface area contributed by atoms with Crippen LogP contribution in [0.3, 0.4) is 0 Å². The van der Waals surface area contributed by atoms with Crippen LogP contribution in [0.2, 0.25) is 0 Å². The fourth-order valence-corrected chi connectivity index (χ4v) is 7.64. The number of anilines is 2. The van der Waals surface area contributed by atoms with Crippen LogP contribution in [-0.2, 0) is 7.05 Å². The lowest BCUT2D eigenvalue weighted by atomic mass is 10.1. The molecule has 0 fully saturated rings. The average Bonchev–Trinajstić information content (AvgIpc) is 3.11. The van der Waals surface area contributed by atoms with Gasteiger partial charge in [-0.1, -0.05) is 131 Å². The molecule has 0 aliphatic carbocycles. The van der Waals surface area contributed by atoms with Gasteiger partial charge in [0, 0.05) is 73.7 Å². The zero-order valence-corrected chi connectivity index (χ0v) is 30.2. The molecule has 5 aromatic rings. The standard InChI is InChI=1S/C43H46N3S2/c1-34(22-24-36-15-7-6-14-35(36)2)23-25-37-16-8-11-19-41(37)44(3)30-32-47-48-33-31-45(4)42-20-12-9-17-38(42)26-28-40-29-27-39-18-10-13-21-43(39)46(40)5/h6-29H,2,30-33H2,1,3-5H3/q+1/b25-23+,34-22+,36-24-. The first-order valence-corrected chi connectivity index (χ1v) is 18.9. The normalized spacial score (nSPS) is 12.4. The van der Waals surface area contributed by atoms with Crippen molar-refractivity contribution in [3.8, 4) is 0 Å². The number of rotatable bonds is 14. The third kappa shape index (κ3) is 9.56. The molecular formula is C43H46N3S2+. The molecule has 4 aromatic carbocycles. The molecule has 0 aliphatic rings. The van der Waals surface area contributed by atoms with Crippen LogP contribution in [0.15, 0.2) is 127 Å². The molecule has 0 saturated carbocycles. The van der Waals surface area contributed by atoms with Crippen molar-refractivity contribution < 1.29 is 4.57 Å². The summed E-state index contributed by atoms with van der Waals surface area (Å²) in [6.45, 7) is 8.23. The summed E-state index contributed by atoms with van der Waals surface area (Å²) in [7, 11) is 10.4. The number of nitrogens with zero attached hydrogens (tertiary/aromatic N) is 3. The fraction of sp³-hybridized carbons (Fsp3) is 0.186. The van der Waals surface area contributed by atoms with E-state index in [2.05, 4.69) is 176 Å². The molecule has 5 rings (SSSR count). The highest BCUT2D eigenvalue weighted by Crippen LogP contribution is 2.27. The van der Waals surface area contributed by atoms with E-state index in [4.69, 9.17) is 0 Å². The highest BCUT2D eigenvalue weighted by molar-refractivity contribution is 8.76. The first-order chi connectivity index (χ1) is 23.4. The second kappa shape index (κ2) is 17.6. The highest BCUT2D eigenvalue weighted by atomic mass is 33.1. The van der Waals surface area contributed by atoms with E-state index in [-0.39, 0.29) is 0 Å². The molecule has 3 nitrogen and oxygen atoms in total. The van der Waals surface area contributed by atoms with Crippen molar-refractivity contribution in [3.05, 3.63) is 154 Å². The van der Waals surface area contributed by atoms with E-state index in [1.54, 1.807) is 0 Å². The van der Waals surface area contributed by atoms with Crippen molar-refractivity contribution in [1.29, 1.82) is 0 Å². The number of aromatic nitrogens is 1. The lowest BCUT2D eigenvalue weighted by Crippen LogP contribution is -2.32. The van der Waals surface area contributed by atoms with Crippen molar-refractivity contribution in [2.45, 2.75) is 6.92 Å². The molecule has 0 atom stereocenters. The molecule has 0 radical (unpaired) electrons. The number of hydrogen-bond donors (Lipinski definition) is 0. The van der Waals surface area contributed by atoms with Crippen LogP contribution in [0, 0.1) is 0 Å². The summed E-state index contributed by atoms with van der Waals surface area (Å²) in [6, 6.07) is 38.4. The summed E-state index contributed by atoms with van der Waals surface area (Å²) in [5.74, 6) is 2.12. The van der Waals surface area contributed by atoms with Gasteiger partial charge < -0.3 is 9.80 Å². The van der Waals surface area contributed by atoms with Crippen LogP contribution >= 0.6 is 21.6 Å². The number of aryl methyl sites for hydroxylation is 1. The fourth-order valence-electron chi connectivity index (χ4n) is 5.56. The number of hydrogen-bond acceptors (Lipinski definition) is 4. The largest absolute Gasteiger partial charge is 0.373 e. The van der Waals surface area contributed by atoms with Gasteiger partial charge in [0.25, 0.3) is 0 Å². The van der Waals surface area contributed by atoms with Crippen molar-refractivity contribution in [2.24, 2.45) is 7.05 Å². The third-order valence-corrected chi connectivity index (χ3v) is 10.8. The Bertz CT molecular complexity index is 2030. The minimum absolute atomic E-state index is 0.986. The Hall–Kier alpha value is -4.45. The maximum absolute atomic E-state index is 4.12. The van der Waals surface area contributed by atoms with Gasteiger partial charge in [-0.3, -0.25) is 0 Å². The second-order valence-electron chi connectivity index (χ2n) is 11.9. The van der Waals surface area contributed by atoms with Gasteiger partial charge >= 0.3 is 0 Å². The molecule has 244 valence electrons. The molecule has 0 bridgehead atoms. The smallest absolute Gasteiger partial charge is 0.212 e. The number of benzene rings is 4. The third-order valence-electron chi connectivity index (χ3n) is 8.46. The molecule has 0 unspecified atom stereocenters. The van der Waals surface area contributed by atoms with Crippen molar-refractivity contribution in [3.63, 3.8) is 0 Å². The van der Waals surface area contributed by atoms with Gasteiger partial charge in [0.2, 0.25) is 11.2 Å². The summed E-state index contributed by atoms with van der Waals surface area (Å²) in [5.41, 5.74) is 8.57. The number of fused-ring (bicyclic) bond motifs is 1. The van der Waals surface area contributed by atoms with E-state index in [1.807, 2.05) is 39.8 Å². The zero-order chi connectivity index (χ0) is 33.7. The van der Waals surface area contributed by atoms with Crippen LogP contribution in [0.1, 0.15) is 23.7 Å². The predicted octanol–water partition coefficient (Wildman–Crippen LogP) is 8.64. The predicted molar refractivity (Wildman–Crippen MR) is 217 cm³/mol. The molecule has 1 heterocycles. The van der Waals surface area contributed by atoms with Crippen LogP contribution < -0.4 is 24.8 Å². The van der Waals surface area contributed by atoms with E-state index in [0.717, 1.165) is 35.0 Å². The van der Waals surface area contributed by atoms with E-state index in [0.29, 0.717) is 0 Å². The Labute approximate surface area is 294 Å². The topological polar surface area (TPSA) is 10.4 Å². The summed E-state index contributed by atoms with van der Waals surface area (Å²) < 4.78 is 2.25. The molecule has 1 aromatic heterocycles. The van der Waals surface area contributed by atoms with Crippen molar-refractivity contribution >= 4 is 74.7 Å². The Balaban J connectivity index is 1.10.